The van der Waals surface area contributed by atoms with Crippen LogP contribution < -0.4 is 0 Å². The molecule has 2 aromatic carbocycles. The van der Waals surface area contributed by atoms with Gasteiger partial charge in [-0.05, 0) is 57.0 Å². The molecule has 0 radical (unpaired) electrons. The summed E-state index contributed by atoms with van der Waals surface area (Å²) in [6.45, 7) is 9.70. The zero-order valence-corrected chi connectivity index (χ0v) is 16.4. The molecule has 24 heavy (non-hydrogen) atoms. The topological polar surface area (TPSA) is 23.5 Å². The van der Waals surface area contributed by atoms with Gasteiger partial charge in [0.1, 0.15) is 5.75 Å². The first-order valence-corrected chi connectivity index (χ1v) is 9.19. The largest absolute Gasteiger partial charge is 0.507 e. The second-order valence-electron chi connectivity index (χ2n) is 6.53. The molecule has 0 spiro atoms. The molecule has 2 aromatic rings. The van der Waals surface area contributed by atoms with Crippen molar-refractivity contribution in [2.24, 2.45) is 0 Å². The first kappa shape index (κ1) is 18.8. The molecule has 0 bridgehead atoms. The van der Waals surface area contributed by atoms with Crippen LogP contribution in [0.15, 0.2) is 59.1 Å². The molecule has 0 aliphatic rings. The molecule has 1 N–H and O–H groups in total. The van der Waals surface area contributed by atoms with Crippen molar-refractivity contribution in [3.8, 4) is 5.75 Å². The van der Waals surface area contributed by atoms with Crippen molar-refractivity contribution >= 4 is 21.5 Å². The van der Waals surface area contributed by atoms with Gasteiger partial charge in [0.25, 0.3) is 0 Å². The summed E-state index contributed by atoms with van der Waals surface area (Å²) >= 11 is 3.51. The monoisotopic (exact) mass is 387 g/mol. The third-order valence-electron chi connectivity index (χ3n) is 4.17. The lowest BCUT2D eigenvalue weighted by atomic mass is 9.96. The molecule has 0 unspecified atom stereocenters. The Morgan fingerprint density at radius 1 is 1.04 bits per heavy atom. The van der Waals surface area contributed by atoms with Gasteiger partial charge in [0.15, 0.2) is 0 Å². The Morgan fingerprint density at radius 3 is 2.25 bits per heavy atom. The Hall–Kier alpha value is -1.58. The highest BCUT2D eigenvalue weighted by atomic mass is 79.9. The molecule has 0 aromatic heterocycles. The minimum Gasteiger partial charge on any atom is -0.507 e. The van der Waals surface area contributed by atoms with Gasteiger partial charge in [0.2, 0.25) is 0 Å². The number of halogens is 1. The fourth-order valence-electron chi connectivity index (χ4n) is 2.94. The Labute approximate surface area is 154 Å². The molecule has 3 heteroatoms. The van der Waals surface area contributed by atoms with Crippen molar-refractivity contribution in [1.29, 1.82) is 0 Å². The molecule has 0 amide bonds. The molecule has 2 nitrogen and oxygen atoms in total. The molecule has 0 saturated carbocycles. The van der Waals surface area contributed by atoms with Crippen molar-refractivity contribution in [2.45, 2.75) is 39.8 Å². The van der Waals surface area contributed by atoms with Crippen molar-refractivity contribution in [2.75, 3.05) is 6.54 Å². The van der Waals surface area contributed by atoms with Gasteiger partial charge in [-0.1, -0.05) is 52.3 Å². The Kier molecular flexibility index (Phi) is 6.64. The maximum Gasteiger partial charge on any atom is 0.123 e. The SMILES string of the molecule is CC(C)N(C/C=C(\c1ccccc1)c1cc(Br)ccc1O)C(C)C. The summed E-state index contributed by atoms with van der Waals surface area (Å²) in [5, 5.41) is 10.4. The summed E-state index contributed by atoms with van der Waals surface area (Å²) < 4.78 is 0.960. The van der Waals surface area contributed by atoms with Gasteiger partial charge in [0, 0.05) is 28.7 Å². The van der Waals surface area contributed by atoms with Crippen molar-refractivity contribution in [3.63, 3.8) is 0 Å². The van der Waals surface area contributed by atoms with Gasteiger partial charge >= 0.3 is 0 Å². The lowest BCUT2D eigenvalue weighted by Gasteiger charge is -2.29. The molecule has 0 saturated heterocycles. The van der Waals surface area contributed by atoms with Gasteiger partial charge < -0.3 is 5.11 Å². The van der Waals surface area contributed by atoms with E-state index in [0.717, 1.165) is 27.7 Å². The van der Waals surface area contributed by atoms with Gasteiger partial charge in [-0.15, -0.1) is 0 Å². The van der Waals surface area contributed by atoms with Gasteiger partial charge in [-0.25, -0.2) is 0 Å². The average Bonchev–Trinajstić information content (AvgIpc) is 2.54. The molecule has 128 valence electrons. The van der Waals surface area contributed by atoms with Crippen LogP contribution in [0.1, 0.15) is 38.8 Å². The quantitative estimate of drug-likeness (QED) is 0.686. The second kappa shape index (κ2) is 8.50. The zero-order chi connectivity index (χ0) is 17.7. The lowest BCUT2D eigenvalue weighted by Crippen LogP contribution is -2.37. The summed E-state index contributed by atoms with van der Waals surface area (Å²) in [4.78, 5) is 2.43. The summed E-state index contributed by atoms with van der Waals surface area (Å²) in [7, 11) is 0. The zero-order valence-electron chi connectivity index (χ0n) is 14.8. The number of hydrogen-bond donors (Lipinski definition) is 1. The molecule has 0 fully saturated rings. The normalized spacial score (nSPS) is 12.4. The predicted molar refractivity (Wildman–Crippen MR) is 106 cm³/mol. The molecular weight excluding hydrogens is 362 g/mol. The number of phenols is 1. The van der Waals surface area contributed by atoms with E-state index in [1.165, 1.54) is 0 Å². The minimum atomic E-state index is 0.300. The van der Waals surface area contributed by atoms with E-state index in [0.29, 0.717) is 17.8 Å². The lowest BCUT2D eigenvalue weighted by molar-refractivity contribution is 0.196. The van der Waals surface area contributed by atoms with Gasteiger partial charge in [-0.2, -0.15) is 0 Å². The first-order valence-electron chi connectivity index (χ1n) is 8.40. The van der Waals surface area contributed by atoms with Crippen LogP contribution in [0.3, 0.4) is 0 Å². The van der Waals surface area contributed by atoms with Crippen LogP contribution in [0, 0.1) is 0 Å². The second-order valence-corrected chi connectivity index (χ2v) is 7.45. The Bertz CT molecular complexity index is 684. The van der Waals surface area contributed by atoms with Crippen molar-refractivity contribution in [1.82, 2.24) is 4.90 Å². The number of aromatic hydroxyl groups is 1. The number of hydrogen-bond acceptors (Lipinski definition) is 2. The summed E-state index contributed by atoms with van der Waals surface area (Å²) in [6, 6.07) is 16.7. The van der Waals surface area contributed by atoms with E-state index in [1.54, 1.807) is 6.07 Å². The van der Waals surface area contributed by atoms with E-state index in [4.69, 9.17) is 0 Å². The van der Waals surface area contributed by atoms with Crippen LogP contribution in [0.25, 0.3) is 5.57 Å². The smallest absolute Gasteiger partial charge is 0.123 e. The fraction of sp³-hybridized carbons (Fsp3) is 0.333. The fourth-order valence-corrected chi connectivity index (χ4v) is 3.30. The summed E-state index contributed by atoms with van der Waals surface area (Å²) in [5.74, 6) is 0.300. The first-order chi connectivity index (χ1) is 11.4. The maximum absolute atomic E-state index is 10.4. The number of benzene rings is 2. The van der Waals surface area contributed by atoms with E-state index < -0.39 is 0 Å². The average molecular weight is 388 g/mol. The molecular formula is C21H26BrNO. The standard InChI is InChI=1S/C21H26BrNO/c1-15(2)23(16(3)4)13-12-19(17-8-6-5-7-9-17)20-14-18(22)10-11-21(20)24/h5-12,14-16,24H,13H2,1-4H3/b19-12+. The number of phenolic OH excluding ortho intramolecular Hbond substituents is 1. The van der Waals surface area contributed by atoms with E-state index in [-0.39, 0.29) is 0 Å². The molecule has 0 aliphatic carbocycles. The third kappa shape index (κ3) is 4.71. The molecule has 2 rings (SSSR count). The molecule has 0 atom stereocenters. The number of rotatable bonds is 6. The van der Waals surface area contributed by atoms with Crippen molar-refractivity contribution < 1.29 is 5.11 Å². The van der Waals surface area contributed by atoms with E-state index in [1.807, 2.05) is 30.3 Å². The van der Waals surface area contributed by atoms with Crippen LogP contribution in [-0.4, -0.2) is 28.6 Å². The molecule has 0 aliphatic heterocycles. The van der Waals surface area contributed by atoms with E-state index >= 15 is 0 Å². The highest BCUT2D eigenvalue weighted by Crippen LogP contribution is 2.32. The summed E-state index contributed by atoms with van der Waals surface area (Å²) in [5.41, 5.74) is 3.02. The molecule has 0 heterocycles. The van der Waals surface area contributed by atoms with Crippen LogP contribution in [0.5, 0.6) is 5.75 Å². The Balaban J connectivity index is 2.48. The van der Waals surface area contributed by atoms with Crippen LogP contribution in [0.2, 0.25) is 0 Å². The van der Waals surface area contributed by atoms with Gasteiger partial charge in [0.05, 0.1) is 0 Å². The van der Waals surface area contributed by atoms with Crippen LogP contribution >= 0.6 is 15.9 Å². The third-order valence-corrected chi connectivity index (χ3v) is 4.66. The van der Waals surface area contributed by atoms with E-state index in [2.05, 4.69) is 66.7 Å². The Morgan fingerprint density at radius 2 is 1.67 bits per heavy atom. The van der Waals surface area contributed by atoms with Crippen LogP contribution in [-0.2, 0) is 0 Å². The van der Waals surface area contributed by atoms with Gasteiger partial charge in [-0.3, -0.25) is 4.90 Å². The van der Waals surface area contributed by atoms with Crippen LogP contribution in [0.4, 0.5) is 0 Å². The summed E-state index contributed by atoms with van der Waals surface area (Å²) in [6.07, 6.45) is 2.22. The number of nitrogens with zero attached hydrogens (tertiary/aromatic N) is 1. The minimum absolute atomic E-state index is 0.300. The highest BCUT2D eigenvalue weighted by molar-refractivity contribution is 9.10. The van der Waals surface area contributed by atoms with E-state index in [9.17, 15) is 5.11 Å². The maximum atomic E-state index is 10.4. The van der Waals surface area contributed by atoms with Crippen molar-refractivity contribution in [3.05, 3.63) is 70.2 Å². The predicted octanol–water partition coefficient (Wildman–Crippen LogP) is 5.71. The highest BCUT2D eigenvalue weighted by Gasteiger charge is 2.14.